The second kappa shape index (κ2) is 6.32. The lowest BCUT2D eigenvalue weighted by Crippen LogP contribution is -2.29. The maximum absolute atomic E-state index is 11.9. The SMILES string of the molecule is C[C@H]1OC(N(C)S(C)(=O)=O)=Cc2ccccc2[C@@H]1c1ccccc1. The molecule has 126 valence electrons. The Bertz CT molecular complexity index is 859. The molecule has 0 fully saturated rings. The van der Waals surface area contributed by atoms with Crippen LogP contribution in [-0.4, -0.2) is 32.1 Å². The van der Waals surface area contributed by atoms with Crippen LogP contribution in [0, 0.1) is 0 Å². The summed E-state index contributed by atoms with van der Waals surface area (Å²) in [6.07, 6.45) is 2.77. The molecule has 0 spiro atoms. The molecular formula is C19H21NO3S. The van der Waals surface area contributed by atoms with Crippen molar-refractivity contribution < 1.29 is 13.2 Å². The van der Waals surface area contributed by atoms with Gasteiger partial charge in [0.25, 0.3) is 0 Å². The summed E-state index contributed by atoms with van der Waals surface area (Å²) in [6, 6.07) is 18.2. The zero-order chi connectivity index (χ0) is 17.3. The minimum absolute atomic E-state index is 0.0316. The van der Waals surface area contributed by atoms with Crippen LogP contribution in [0.25, 0.3) is 6.08 Å². The molecular weight excluding hydrogens is 322 g/mol. The molecule has 0 bridgehead atoms. The summed E-state index contributed by atoms with van der Waals surface area (Å²) < 4.78 is 31.1. The standard InChI is InChI=1S/C19H21NO3S/c1-14-19(15-9-5-4-6-10-15)17-12-8-7-11-16(17)13-18(23-14)20(2)24(3,21)22/h4-14,19H,1-3H3/t14-,19+/m1/s1. The van der Waals surface area contributed by atoms with Gasteiger partial charge in [-0.3, -0.25) is 0 Å². The van der Waals surface area contributed by atoms with Gasteiger partial charge in [-0.25, -0.2) is 12.7 Å². The van der Waals surface area contributed by atoms with Gasteiger partial charge in [0.15, 0.2) is 0 Å². The zero-order valence-electron chi connectivity index (χ0n) is 14.0. The quantitative estimate of drug-likeness (QED) is 0.858. The number of benzene rings is 2. The highest BCUT2D eigenvalue weighted by Crippen LogP contribution is 2.37. The number of ether oxygens (including phenoxy) is 1. The average Bonchev–Trinajstić information content (AvgIpc) is 2.69. The Hall–Kier alpha value is -2.27. The molecule has 1 aliphatic rings. The Kier molecular flexibility index (Phi) is 4.37. The van der Waals surface area contributed by atoms with Crippen molar-refractivity contribution >= 4 is 16.1 Å². The molecule has 5 heteroatoms. The lowest BCUT2D eigenvalue weighted by Gasteiger charge is -2.27. The van der Waals surface area contributed by atoms with Crippen LogP contribution >= 0.6 is 0 Å². The van der Waals surface area contributed by atoms with Gasteiger partial charge in [0.1, 0.15) is 6.10 Å². The summed E-state index contributed by atoms with van der Waals surface area (Å²) in [7, 11) is -1.87. The zero-order valence-corrected chi connectivity index (χ0v) is 14.8. The highest BCUT2D eigenvalue weighted by atomic mass is 32.2. The molecule has 1 heterocycles. The van der Waals surface area contributed by atoms with E-state index in [0.717, 1.165) is 16.7 Å². The van der Waals surface area contributed by atoms with Gasteiger partial charge in [-0.15, -0.1) is 0 Å². The summed E-state index contributed by atoms with van der Waals surface area (Å²) in [5, 5.41) is 0. The minimum Gasteiger partial charge on any atom is -0.474 e. The topological polar surface area (TPSA) is 46.6 Å². The fourth-order valence-corrected chi connectivity index (χ4v) is 3.47. The van der Waals surface area contributed by atoms with Crippen LogP contribution in [-0.2, 0) is 14.8 Å². The smallest absolute Gasteiger partial charge is 0.234 e. The van der Waals surface area contributed by atoms with Crippen molar-refractivity contribution in [3.05, 3.63) is 77.2 Å². The predicted octanol–water partition coefficient (Wildman–Crippen LogP) is 3.43. The molecule has 4 nitrogen and oxygen atoms in total. The average molecular weight is 343 g/mol. The predicted molar refractivity (Wildman–Crippen MR) is 95.9 cm³/mol. The van der Waals surface area contributed by atoms with Crippen LogP contribution < -0.4 is 0 Å². The summed E-state index contributed by atoms with van der Waals surface area (Å²) in [5.41, 5.74) is 3.25. The molecule has 0 unspecified atom stereocenters. The Balaban J connectivity index is 2.12. The first-order valence-corrected chi connectivity index (χ1v) is 9.69. The fraction of sp³-hybridized carbons (Fsp3) is 0.263. The molecule has 0 saturated heterocycles. The van der Waals surface area contributed by atoms with Crippen molar-refractivity contribution in [1.29, 1.82) is 0 Å². The number of hydrogen-bond acceptors (Lipinski definition) is 3. The van der Waals surface area contributed by atoms with Gasteiger partial charge in [0, 0.05) is 19.0 Å². The molecule has 3 rings (SSSR count). The molecule has 0 N–H and O–H groups in total. The first-order valence-electron chi connectivity index (χ1n) is 7.84. The van der Waals surface area contributed by atoms with Crippen LogP contribution in [0.4, 0.5) is 0 Å². The fourth-order valence-electron chi connectivity index (χ4n) is 3.04. The maximum atomic E-state index is 11.9. The molecule has 0 aromatic heterocycles. The van der Waals surface area contributed by atoms with Crippen molar-refractivity contribution in [3.8, 4) is 0 Å². The highest BCUT2D eigenvalue weighted by molar-refractivity contribution is 7.88. The Morgan fingerprint density at radius 3 is 2.29 bits per heavy atom. The van der Waals surface area contributed by atoms with Crippen molar-refractivity contribution in [1.82, 2.24) is 4.31 Å². The molecule has 24 heavy (non-hydrogen) atoms. The van der Waals surface area contributed by atoms with Gasteiger partial charge in [-0.1, -0.05) is 54.6 Å². The van der Waals surface area contributed by atoms with Gasteiger partial charge >= 0.3 is 0 Å². The summed E-state index contributed by atoms with van der Waals surface area (Å²) in [6.45, 7) is 1.98. The first-order chi connectivity index (χ1) is 11.4. The van der Waals surface area contributed by atoms with Crippen molar-refractivity contribution in [2.24, 2.45) is 0 Å². The van der Waals surface area contributed by atoms with E-state index < -0.39 is 10.0 Å². The van der Waals surface area contributed by atoms with Crippen molar-refractivity contribution in [2.75, 3.05) is 13.3 Å². The van der Waals surface area contributed by atoms with Crippen LogP contribution in [0.15, 0.2) is 60.5 Å². The van der Waals surface area contributed by atoms with E-state index in [9.17, 15) is 8.42 Å². The van der Waals surface area contributed by atoms with Crippen LogP contribution in [0.3, 0.4) is 0 Å². The Morgan fingerprint density at radius 2 is 1.62 bits per heavy atom. The van der Waals surface area contributed by atoms with Crippen LogP contribution in [0.2, 0.25) is 0 Å². The third kappa shape index (κ3) is 3.17. The second-order valence-electron chi connectivity index (χ2n) is 6.05. The summed E-state index contributed by atoms with van der Waals surface area (Å²) >= 11 is 0. The number of hydrogen-bond donors (Lipinski definition) is 0. The van der Waals surface area contributed by atoms with Gasteiger partial charge in [0.05, 0.1) is 6.26 Å². The number of rotatable bonds is 3. The van der Waals surface area contributed by atoms with E-state index in [0.29, 0.717) is 5.88 Å². The maximum Gasteiger partial charge on any atom is 0.234 e. The third-order valence-electron chi connectivity index (χ3n) is 4.35. The largest absolute Gasteiger partial charge is 0.474 e. The molecule has 0 aliphatic carbocycles. The third-order valence-corrected chi connectivity index (χ3v) is 5.53. The number of fused-ring (bicyclic) bond motifs is 1. The lowest BCUT2D eigenvalue weighted by atomic mass is 9.85. The molecule has 2 aromatic rings. The molecule has 1 aliphatic heterocycles. The molecule has 2 aromatic carbocycles. The lowest BCUT2D eigenvalue weighted by molar-refractivity contribution is 0.0886. The van der Waals surface area contributed by atoms with Crippen molar-refractivity contribution in [3.63, 3.8) is 0 Å². The molecule has 0 saturated carbocycles. The monoisotopic (exact) mass is 343 g/mol. The number of nitrogens with zero attached hydrogens (tertiary/aromatic N) is 1. The highest BCUT2D eigenvalue weighted by Gasteiger charge is 2.30. The molecule has 0 amide bonds. The second-order valence-corrected chi connectivity index (χ2v) is 8.07. The van der Waals surface area contributed by atoms with E-state index in [1.807, 2.05) is 43.3 Å². The van der Waals surface area contributed by atoms with Gasteiger partial charge in [0.2, 0.25) is 15.9 Å². The van der Waals surface area contributed by atoms with E-state index >= 15 is 0 Å². The molecule has 2 atom stereocenters. The van der Waals surface area contributed by atoms with Crippen LogP contribution in [0.1, 0.15) is 29.5 Å². The first kappa shape index (κ1) is 16.6. The van der Waals surface area contributed by atoms with Gasteiger partial charge < -0.3 is 4.74 Å². The van der Waals surface area contributed by atoms with Gasteiger partial charge in [-0.2, -0.15) is 0 Å². The van der Waals surface area contributed by atoms with Crippen LogP contribution in [0.5, 0.6) is 0 Å². The normalized spacial score (nSPS) is 20.4. The van der Waals surface area contributed by atoms with Gasteiger partial charge in [-0.05, 0) is 23.6 Å². The van der Waals surface area contributed by atoms with E-state index in [1.54, 1.807) is 6.08 Å². The van der Waals surface area contributed by atoms with E-state index in [2.05, 4.69) is 18.2 Å². The van der Waals surface area contributed by atoms with E-state index in [-0.39, 0.29) is 12.0 Å². The molecule has 0 radical (unpaired) electrons. The van der Waals surface area contributed by atoms with E-state index in [4.69, 9.17) is 4.74 Å². The summed E-state index contributed by atoms with van der Waals surface area (Å²) in [5.74, 6) is 0.375. The Morgan fingerprint density at radius 1 is 1.00 bits per heavy atom. The van der Waals surface area contributed by atoms with Crippen molar-refractivity contribution in [2.45, 2.75) is 18.9 Å². The van der Waals surface area contributed by atoms with E-state index in [1.165, 1.54) is 17.6 Å². The Labute approximate surface area is 143 Å². The minimum atomic E-state index is -3.39. The number of sulfonamides is 1. The summed E-state index contributed by atoms with van der Waals surface area (Å²) in [4.78, 5) is 0.